The Balaban J connectivity index is 2.11. The van der Waals surface area contributed by atoms with Crippen LogP contribution < -0.4 is 0 Å². The molecule has 0 aromatic heterocycles. The second kappa shape index (κ2) is 5.98. The van der Waals surface area contributed by atoms with E-state index in [1.54, 1.807) is 6.92 Å². The van der Waals surface area contributed by atoms with Crippen molar-refractivity contribution in [2.24, 2.45) is 5.92 Å². The monoisotopic (exact) mass is 284 g/mol. The van der Waals surface area contributed by atoms with E-state index in [-0.39, 0.29) is 5.92 Å². The van der Waals surface area contributed by atoms with E-state index in [4.69, 9.17) is 16.7 Å². The Hall–Kier alpha value is -0.670. The summed E-state index contributed by atoms with van der Waals surface area (Å²) in [5.74, 6) is 1.79. The van der Waals surface area contributed by atoms with Crippen molar-refractivity contribution in [2.45, 2.75) is 25.7 Å². The summed E-state index contributed by atoms with van der Waals surface area (Å²) in [5.41, 5.74) is 2.22. The van der Waals surface area contributed by atoms with E-state index in [9.17, 15) is 4.79 Å². The summed E-state index contributed by atoms with van der Waals surface area (Å²) in [6.07, 6.45) is 1.73. The van der Waals surface area contributed by atoms with Crippen LogP contribution in [0.2, 0.25) is 5.02 Å². The highest BCUT2D eigenvalue weighted by atomic mass is 35.5. The molecule has 0 bridgehead atoms. The molecular formula is C14H17ClO2S. The summed E-state index contributed by atoms with van der Waals surface area (Å²) >= 11 is 8.28. The van der Waals surface area contributed by atoms with Gasteiger partial charge in [0.15, 0.2) is 0 Å². The van der Waals surface area contributed by atoms with Crippen molar-refractivity contribution in [3.63, 3.8) is 0 Å². The summed E-state index contributed by atoms with van der Waals surface area (Å²) in [5, 5.41) is 9.69. The number of carboxylic acids is 1. The molecule has 0 spiro atoms. The lowest BCUT2D eigenvalue weighted by Crippen LogP contribution is -2.12. The molecule has 1 heterocycles. The van der Waals surface area contributed by atoms with Gasteiger partial charge in [-0.3, -0.25) is 4.79 Å². The van der Waals surface area contributed by atoms with Gasteiger partial charge in [0.25, 0.3) is 0 Å². The molecule has 1 aromatic carbocycles. The average molecular weight is 285 g/mol. The molecule has 0 radical (unpaired) electrons. The molecule has 1 N–H and O–H groups in total. The Morgan fingerprint density at radius 2 is 2.39 bits per heavy atom. The molecule has 0 aliphatic carbocycles. The Morgan fingerprint density at radius 1 is 1.61 bits per heavy atom. The highest BCUT2D eigenvalue weighted by Gasteiger charge is 2.20. The molecule has 2 atom stereocenters. The summed E-state index contributed by atoms with van der Waals surface area (Å²) in [6.45, 7) is 1.72. The third-order valence-electron chi connectivity index (χ3n) is 3.40. The van der Waals surface area contributed by atoms with Gasteiger partial charge >= 0.3 is 5.97 Å². The van der Waals surface area contributed by atoms with E-state index in [1.165, 1.54) is 17.7 Å². The van der Waals surface area contributed by atoms with Gasteiger partial charge in [-0.05, 0) is 41.7 Å². The van der Waals surface area contributed by atoms with Gasteiger partial charge < -0.3 is 5.11 Å². The summed E-state index contributed by atoms with van der Waals surface area (Å²) in [6, 6.07) is 6.02. The lowest BCUT2D eigenvalue weighted by atomic mass is 9.95. The molecule has 1 saturated heterocycles. The molecule has 18 heavy (non-hydrogen) atoms. The predicted molar refractivity (Wildman–Crippen MR) is 76.6 cm³/mol. The highest BCUT2D eigenvalue weighted by molar-refractivity contribution is 7.99. The van der Waals surface area contributed by atoms with Gasteiger partial charge in [0.2, 0.25) is 0 Å². The van der Waals surface area contributed by atoms with E-state index >= 15 is 0 Å². The number of carbonyl (C=O) groups is 1. The van der Waals surface area contributed by atoms with Gasteiger partial charge in [0.05, 0.1) is 5.92 Å². The van der Waals surface area contributed by atoms with Crippen LogP contribution in [-0.2, 0) is 11.2 Å². The number of halogens is 1. The van der Waals surface area contributed by atoms with Crippen molar-refractivity contribution in [1.82, 2.24) is 0 Å². The number of carboxylic acid groups (broad SMARTS) is 1. The van der Waals surface area contributed by atoms with Crippen LogP contribution in [0.5, 0.6) is 0 Å². The molecule has 0 saturated carbocycles. The quantitative estimate of drug-likeness (QED) is 0.913. The lowest BCUT2D eigenvalue weighted by Gasteiger charge is -2.13. The van der Waals surface area contributed by atoms with Crippen LogP contribution >= 0.6 is 23.4 Å². The van der Waals surface area contributed by atoms with Crippen LogP contribution in [0.4, 0.5) is 0 Å². The molecule has 1 aromatic rings. The zero-order chi connectivity index (χ0) is 13.1. The van der Waals surface area contributed by atoms with E-state index in [1.807, 2.05) is 23.9 Å². The summed E-state index contributed by atoms with van der Waals surface area (Å²) in [4.78, 5) is 10.8. The third-order valence-corrected chi connectivity index (χ3v) is 4.89. The largest absolute Gasteiger partial charge is 0.481 e. The zero-order valence-electron chi connectivity index (χ0n) is 10.4. The van der Waals surface area contributed by atoms with Crippen molar-refractivity contribution in [2.75, 3.05) is 11.5 Å². The second-order valence-electron chi connectivity index (χ2n) is 4.86. The summed E-state index contributed by atoms with van der Waals surface area (Å²) in [7, 11) is 0. The first kappa shape index (κ1) is 13.8. The Labute approximate surface area is 117 Å². The minimum Gasteiger partial charge on any atom is -0.481 e. The van der Waals surface area contributed by atoms with Crippen LogP contribution in [0.3, 0.4) is 0 Å². The van der Waals surface area contributed by atoms with Crippen LogP contribution in [0, 0.1) is 5.92 Å². The fourth-order valence-corrected chi connectivity index (χ4v) is 3.86. The van der Waals surface area contributed by atoms with Gasteiger partial charge in [-0.15, -0.1) is 0 Å². The number of rotatable bonds is 4. The predicted octanol–water partition coefficient (Wildman–Crippen LogP) is 3.82. The van der Waals surface area contributed by atoms with Gasteiger partial charge in [0, 0.05) is 10.8 Å². The molecule has 2 unspecified atom stereocenters. The molecule has 4 heteroatoms. The van der Waals surface area contributed by atoms with Crippen molar-refractivity contribution < 1.29 is 9.90 Å². The fraction of sp³-hybridized carbons (Fsp3) is 0.500. The van der Waals surface area contributed by atoms with Gasteiger partial charge in [-0.25, -0.2) is 0 Å². The molecule has 1 aliphatic heterocycles. The molecule has 0 amide bonds. The molecule has 1 fully saturated rings. The first-order valence-corrected chi connectivity index (χ1v) is 7.70. The highest BCUT2D eigenvalue weighted by Crippen LogP contribution is 2.36. The fourth-order valence-electron chi connectivity index (χ4n) is 2.25. The average Bonchev–Trinajstić information content (AvgIpc) is 2.82. The van der Waals surface area contributed by atoms with Gasteiger partial charge in [-0.1, -0.05) is 30.7 Å². The number of hydrogen-bond donors (Lipinski definition) is 1. The maximum atomic E-state index is 10.8. The Morgan fingerprint density at radius 3 is 2.94 bits per heavy atom. The van der Waals surface area contributed by atoms with Crippen LogP contribution in [-0.4, -0.2) is 22.6 Å². The normalized spacial score (nSPS) is 20.9. The number of thioether (sulfide) groups is 1. The van der Waals surface area contributed by atoms with Crippen molar-refractivity contribution in [3.05, 3.63) is 34.3 Å². The smallest absolute Gasteiger partial charge is 0.306 e. The number of aliphatic carboxylic acids is 1. The maximum absolute atomic E-state index is 10.8. The molecule has 98 valence electrons. The molecule has 1 aliphatic rings. The first-order valence-electron chi connectivity index (χ1n) is 6.17. The van der Waals surface area contributed by atoms with Gasteiger partial charge in [0.1, 0.15) is 0 Å². The van der Waals surface area contributed by atoms with Crippen molar-refractivity contribution in [3.8, 4) is 0 Å². The van der Waals surface area contributed by atoms with Crippen molar-refractivity contribution in [1.29, 1.82) is 0 Å². The minimum absolute atomic E-state index is 0.367. The topological polar surface area (TPSA) is 37.3 Å². The zero-order valence-corrected chi connectivity index (χ0v) is 11.9. The second-order valence-corrected chi connectivity index (χ2v) is 6.42. The van der Waals surface area contributed by atoms with Gasteiger partial charge in [-0.2, -0.15) is 11.8 Å². The Kier molecular flexibility index (Phi) is 4.57. The summed E-state index contributed by atoms with van der Waals surface area (Å²) < 4.78 is 0. The van der Waals surface area contributed by atoms with E-state index in [0.717, 1.165) is 16.3 Å². The van der Waals surface area contributed by atoms with E-state index in [2.05, 4.69) is 6.07 Å². The van der Waals surface area contributed by atoms with Crippen LogP contribution in [0.15, 0.2) is 18.2 Å². The SMILES string of the molecule is CC(Cc1ccc(C2CCSC2)c(Cl)c1)C(=O)O. The minimum atomic E-state index is -0.762. The lowest BCUT2D eigenvalue weighted by molar-refractivity contribution is -0.141. The third kappa shape index (κ3) is 3.21. The standard InChI is InChI=1S/C14H17ClO2S/c1-9(14(16)17)6-10-2-3-12(13(15)7-10)11-4-5-18-8-11/h2-3,7,9,11H,4-6,8H2,1H3,(H,16,17). The van der Waals surface area contributed by atoms with Crippen LogP contribution in [0.25, 0.3) is 0 Å². The Bertz CT molecular complexity index is 441. The van der Waals surface area contributed by atoms with E-state index < -0.39 is 5.97 Å². The molecular weight excluding hydrogens is 268 g/mol. The number of benzene rings is 1. The molecule has 2 nitrogen and oxygen atoms in total. The number of hydrogen-bond acceptors (Lipinski definition) is 2. The first-order chi connectivity index (χ1) is 8.58. The van der Waals surface area contributed by atoms with Crippen molar-refractivity contribution >= 4 is 29.3 Å². The van der Waals surface area contributed by atoms with Crippen LogP contribution in [0.1, 0.15) is 30.4 Å². The molecule has 2 rings (SSSR count). The van der Waals surface area contributed by atoms with E-state index in [0.29, 0.717) is 12.3 Å². The maximum Gasteiger partial charge on any atom is 0.306 e.